The third kappa shape index (κ3) is 2.83. The van der Waals surface area contributed by atoms with Crippen molar-refractivity contribution in [3.63, 3.8) is 0 Å². The second-order valence-corrected chi connectivity index (χ2v) is 7.13. The van der Waals surface area contributed by atoms with Crippen LogP contribution in [0.15, 0.2) is 42.5 Å². The number of nitrogen functional groups attached to an aromatic ring is 1. The van der Waals surface area contributed by atoms with Crippen molar-refractivity contribution in [2.45, 2.75) is 46.1 Å². The summed E-state index contributed by atoms with van der Waals surface area (Å²) in [5.74, 6) is 1.00. The molecule has 3 nitrogen and oxygen atoms in total. The molecule has 1 aromatic heterocycles. The number of anilines is 1. The highest BCUT2D eigenvalue weighted by molar-refractivity contribution is 5.90. The third-order valence-corrected chi connectivity index (χ3v) is 4.27. The molecule has 3 aromatic rings. The molecular weight excluding hydrogens is 282 g/mol. The highest BCUT2D eigenvalue weighted by Crippen LogP contribution is 2.30. The number of hydrogen-bond donors (Lipinski definition) is 1. The van der Waals surface area contributed by atoms with Crippen LogP contribution in [0.2, 0.25) is 0 Å². The zero-order valence-corrected chi connectivity index (χ0v) is 14.4. The molecule has 0 aliphatic rings. The minimum atomic E-state index is 0.159. The van der Waals surface area contributed by atoms with Crippen LogP contribution in [0, 0.1) is 0 Å². The van der Waals surface area contributed by atoms with E-state index in [0.29, 0.717) is 0 Å². The number of para-hydroxylation sites is 1. The van der Waals surface area contributed by atoms with Gasteiger partial charge >= 0.3 is 0 Å². The standard InChI is InChI=1S/C20H25N3/c1-5-13-23-17-8-6-7-16(21)18(17)22-19(23)14-9-11-15(12-10-14)20(2,3)4/h6-12H,5,13,21H2,1-4H3. The zero-order valence-electron chi connectivity index (χ0n) is 14.4. The maximum absolute atomic E-state index is 6.12. The van der Waals surface area contributed by atoms with Gasteiger partial charge in [-0.3, -0.25) is 0 Å². The second kappa shape index (κ2) is 5.73. The molecule has 0 spiro atoms. The van der Waals surface area contributed by atoms with Crippen molar-refractivity contribution >= 4 is 16.7 Å². The minimum absolute atomic E-state index is 0.159. The van der Waals surface area contributed by atoms with Crippen molar-refractivity contribution in [3.8, 4) is 11.4 Å². The van der Waals surface area contributed by atoms with Gasteiger partial charge in [-0.15, -0.1) is 0 Å². The monoisotopic (exact) mass is 307 g/mol. The average Bonchev–Trinajstić information content (AvgIpc) is 2.87. The van der Waals surface area contributed by atoms with Crippen molar-refractivity contribution in [3.05, 3.63) is 48.0 Å². The Morgan fingerprint density at radius 2 is 1.74 bits per heavy atom. The smallest absolute Gasteiger partial charge is 0.141 e. The fraction of sp³-hybridized carbons (Fsp3) is 0.350. The van der Waals surface area contributed by atoms with Crippen LogP contribution in [0.3, 0.4) is 0 Å². The molecule has 0 amide bonds. The molecule has 23 heavy (non-hydrogen) atoms. The van der Waals surface area contributed by atoms with Gasteiger partial charge in [-0.2, -0.15) is 0 Å². The van der Waals surface area contributed by atoms with E-state index in [2.05, 4.69) is 62.6 Å². The van der Waals surface area contributed by atoms with E-state index in [1.165, 1.54) is 5.56 Å². The lowest BCUT2D eigenvalue weighted by Crippen LogP contribution is -2.10. The van der Waals surface area contributed by atoms with E-state index in [0.717, 1.165) is 41.1 Å². The first-order valence-electron chi connectivity index (χ1n) is 8.27. The number of nitrogens with zero attached hydrogens (tertiary/aromatic N) is 2. The largest absolute Gasteiger partial charge is 0.397 e. The van der Waals surface area contributed by atoms with E-state index in [1.54, 1.807) is 0 Å². The van der Waals surface area contributed by atoms with Gasteiger partial charge in [0.25, 0.3) is 0 Å². The summed E-state index contributed by atoms with van der Waals surface area (Å²) in [7, 11) is 0. The summed E-state index contributed by atoms with van der Waals surface area (Å²) in [6, 6.07) is 14.8. The van der Waals surface area contributed by atoms with Crippen LogP contribution in [-0.4, -0.2) is 9.55 Å². The molecule has 0 aliphatic heterocycles. The van der Waals surface area contributed by atoms with Gasteiger partial charge in [-0.05, 0) is 29.5 Å². The van der Waals surface area contributed by atoms with Gasteiger partial charge in [0.05, 0.1) is 11.2 Å². The van der Waals surface area contributed by atoms with Crippen molar-refractivity contribution in [2.75, 3.05) is 5.73 Å². The summed E-state index contributed by atoms with van der Waals surface area (Å²) in [6.45, 7) is 9.82. The minimum Gasteiger partial charge on any atom is -0.397 e. The van der Waals surface area contributed by atoms with E-state index in [4.69, 9.17) is 10.7 Å². The maximum atomic E-state index is 6.12. The number of aromatic nitrogens is 2. The lowest BCUT2D eigenvalue weighted by atomic mass is 9.87. The Kier molecular flexibility index (Phi) is 3.88. The number of imidazole rings is 1. The lowest BCUT2D eigenvalue weighted by Gasteiger charge is -2.19. The zero-order chi connectivity index (χ0) is 16.6. The molecule has 0 saturated carbocycles. The SMILES string of the molecule is CCCn1c(-c2ccc(C(C)(C)C)cc2)nc2c(N)cccc21. The normalized spacial score (nSPS) is 12.0. The molecule has 0 saturated heterocycles. The Morgan fingerprint density at radius 1 is 1.04 bits per heavy atom. The van der Waals surface area contributed by atoms with Crippen LogP contribution >= 0.6 is 0 Å². The molecular formula is C20H25N3. The van der Waals surface area contributed by atoms with Crippen LogP contribution in [-0.2, 0) is 12.0 Å². The van der Waals surface area contributed by atoms with Crippen LogP contribution in [0.25, 0.3) is 22.4 Å². The quantitative estimate of drug-likeness (QED) is 0.692. The van der Waals surface area contributed by atoms with Crippen LogP contribution in [0.4, 0.5) is 5.69 Å². The second-order valence-electron chi connectivity index (χ2n) is 7.13. The number of benzene rings is 2. The van der Waals surface area contributed by atoms with E-state index in [9.17, 15) is 0 Å². The van der Waals surface area contributed by atoms with Crippen LogP contribution in [0.1, 0.15) is 39.7 Å². The van der Waals surface area contributed by atoms with E-state index < -0.39 is 0 Å². The first-order chi connectivity index (χ1) is 10.9. The summed E-state index contributed by atoms with van der Waals surface area (Å²) in [4.78, 5) is 4.83. The summed E-state index contributed by atoms with van der Waals surface area (Å²) >= 11 is 0. The molecule has 1 heterocycles. The predicted molar refractivity (Wildman–Crippen MR) is 98.6 cm³/mol. The predicted octanol–water partition coefficient (Wildman–Crippen LogP) is 4.99. The molecule has 0 aliphatic carbocycles. The number of rotatable bonds is 3. The number of hydrogen-bond acceptors (Lipinski definition) is 2. The summed E-state index contributed by atoms with van der Waals surface area (Å²) in [6.07, 6.45) is 1.06. The van der Waals surface area contributed by atoms with Gasteiger partial charge in [0.2, 0.25) is 0 Å². The van der Waals surface area contributed by atoms with Crippen LogP contribution < -0.4 is 5.73 Å². The topological polar surface area (TPSA) is 43.8 Å². The molecule has 0 atom stereocenters. The molecule has 0 unspecified atom stereocenters. The van der Waals surface area contributed by atoms with Gasteiger partial charge < -0.3 is 10.3 Å². The number of nitrogens with two attached hydrogens (primary N) is 1. The lowest BCUT2D eigenvalue weighted by molar-refractivity contribution is 0.590. The Balaban J connectivity index is 2.15. The number of fused-ring (bicyclic) bond motifs is 1. The Bertz CT molecular complexity index is 820. The Morgan fingerprint density at radius 3 is 2.35 bits per heavy atom. The molecule has 2 N–H and O–H groups in total. The van der Waals surface area contributed by atoms with Crippen molar-refractivity contribution in [1.29, 1.82) is 0 Å². The first-order valence-corrected chi connectivity index (χ1v) is 8.27. The van der Waals surface area contributed by atoms with Gasteiger partial charge in [-0.25, -0.2) is 4.98 Å². The van der Waals surface area contributed by atoms with E-state index in [-0.39, 0.29) is 5.41 Å². The van der Waals surface area contributed by atoms with Gasteiger partial charge in [-0.1, -0.05) is 58.0 Å². The Labute approximate surface area is 138 Å². The van der Waals surface area contributed by atoms with Crippen molar-refractivity contribution in [2.24, 2.45) is 0 Å². The average molecular weight is 307 g/mol. The fourth-order valence-electron chi connectivity index (χ4n) is 2.96. The van der Waals surface area contributed by atoms with Crippen molar-refractivity contribution < 1.29 is 0 Å². The molecule has 0 radical (unpaired) electrons. The maximum Gasteiger partial charge on any atom is 0.141 e. The molecule has 0 fully saturated rings. The summed E-state index contributed by atoms with van der Waals surface area (Å²) < 4.78 is 2.28. The summed E-state index contributed by atoms with van der Waals surface area (Å²) in [5, 5.41) is 0. The van der Waals surface area contributed by atoms with Gasteiger partial charge in [0, 0.05) is 12.1 Å². The van der Waals surface area contributed by atoms with Gasteiger partial charge in [0.15, 0.2) is 0 Å². The highest BCUT2D eigenvalue weighted by atomic mass is 15.1. The molecule has 0 bridgehead atoms. The van der Waals surface area contributed by atoms with Gasteiger partial charge in [0.1, 0.15) is 11.3 Å². The van der Waals surface area contributed by atoms with E-state index >= 15 is 0 Å². The fourth-order valence-corrected chi connectivity index (χ4v) is 2.96. The molecule has 2 aromatic carbocycles. The van der Waals surface area contributed by atoms with E-state index in [1.807, 2.05) is 12.1 Å². The summed E-state index contributed by atoms with van der Waals surface area (Å²) in [5.41, 5.74) is 11.5. The highest BCUT2D eigenvalue weighted by Gasteiger charge is 2.16. The number of aryl methyl sites for hydroxylation is 1. The molecule has 3 heteroatoms. The Hall–Kier alpha value is -2.29. The third-order valence-electron chi connectivity index (χ3n) is 4.27. The molecule has 120 valence electrons. The molecule has 3 rings (SSSR count). The first kappa shape index (κ1) is 15.6. The van der Waals surface area contributed by atoms with Crippen molar-refractivity contribution in [1.82, 2.24) is 9.55 Å². The van der Waals surface area contributed by atoms with Crippen LogP contribution in [0.5, 0.6) is 0 Å².